The molecule has 1 aliphatic rings. The minimum atomic E-state index is -0.350. The number of nitrogens with zero attached hydrogens (tertiary/aromatic N) is 1. The number of hydrogen-bond donors (Lipinski definition) is 2. The first-order valence-electron chi connectivity index (χ1n) is 6.75. The van der Waals surface area contributed by atoms with Gasteiger partial charge in [-0.15, -0.1) is 0 Å². The fraction of sp³-hybridized carbons (Fsp3) is 0.692. The van der Waals surface area contributed by atoms with Gasteiger partial charge in [0, 0.05) is 24.1 Å². The van der Waals surface area contributed by atoms with E-state index >= 15 is 0 Å². The average Bonchev–Trinajstić information content (AvgIpc) is 2.88. The first-order chi connectivity index (χ1) is 9.20. The molecule has 2 rings (SSSR count). The Balaban J connectivity index is 1.77. The van der Waals surface area contributed by atoms with Crippen LogP contribution in [-0.2, 0) is 6.54 Å². The lowest BCUT2D eigenvalue weighted by molar-refractivity contribution is -0.380. The highest BCUT2D eigenvalue weighted by atomic mass is 32.1. The van der Waals surface area contributed by atoms with Gasteiger partial charge in [-0.3, -0.25) is 10.1 Å². The van der Waals surface area contributed by atoms with E-state index in [-0.39, 0.29) is 16.5 Å². The van der Waals surface area contributed by atoms with E-state index in [1.54, 1.807) is 12.1 Å². The van der Waals surface area contributed by atoms with Crippen LogP contribution in [0.25, 0.3) is 0 Å². The standard InChI is InChI=1S/C13H20N2O3S/c16-9-11-4-2-1-3-10(11)7-14-8-12-5-6-13(19-12)15(17)18/h5-6,10-11,14,16H,1-4,7-9H2. The van der Waals surface area contributed by atoms with Crippen molar-refractivity contribution in [2.24, 2.45) is 11.8 Å². The summed E-state index contributed by atoms with van der Waals surface area (Å²) in [5, 5.41) is 23.5. The van der Waals surface area contributed by atoms with Crippen LogP contribution in [0.4, 0.5) is 5.00 Å². The van der Waals surface area contributed by atoms with Crippen LogP contribution in [0, 0.1) is 22.0 Å². The van der Waals surface area contributed by atoms with Crippen molar-refractivity contribution in [1.29, 1.82) is 0 Å². The number of nitro groups is 1. The number of thiophene rings is 1. The first kappa shape index (κ1) is 14.4. The monoisotopic (exact) mass is 284 g/mol. The molecule has 0 radical (unpaired) electrons. The van der Waals surface area contributed by atoms with E-state index in [1.165, 1.54) is 30.6 Å². The van der Waals surface area contributed by atoms with Crippen molar-refractivity contribution in [1.82, 2.24) is 5.32 Å². The van der Waals surface area contributed by atoms with Crippen LogP contribution in [0.3, 0.4) is 0 Å². The van der Waals surface area contributed by atoms with E-state index in [4.69, 9.17) is 0 Å². The summed E-state index contributed by atoms with van der Waals surface area (Å²) in [5.74, 6) is 0.951. The summed E-state index contributed by atoms with van der Waals surface area (Å²) in [5.41, 5.74) is 0. The molecule has 2 N–H and O–H groups in total. The lowest BCUT2D eigenvalue weighted by atomic mass is 9.79. The van der Waals surface area contributed by atoms with Crippen molar-refractivity contribution in [2.75, 3.05) is 13.2 Å². The SMILES string of the molecule is O=[N+]([O-])c1ccc(CNCC2CCCCC2CO)s1. The van der Waals surface area contributed by atoms with E-state index in [2.05, 4.69) is 5.32 Å². The molecule has 6 heteroatoms. The maximum atomic E-state index is 10.6. The van der Waals surface area contributed by atoms with Gasteiger partial charge < -0.3 is 10.4 Å². The summed E-state index contributed by atoms with van der Waals surface area (Å²) < 4.78 is 0. The largest absolute Gasteiger partial charge is 0.396 e. The second kappa shape index (κ2) is 6.98. The molecule has 2 atom stereocenters. The average molecular weight is 284 g/mol. The molecule has 0 amide bonds. The van der Waals surface area contributed by atoms with Crippen LogP contribution in [0.2, 0.25) is 0 Å². The predicted octanol–water partition coefficient (Wildman–Crippen LogP) is 2.54. The van der Waals surface area contributed by atoms with Gasteiger partial charge in [-0.25, -0.2) is 0 Å². The van der Waals surface area contributed by atoms with Crippen molar-refractivity contribution in [3.8, 4) is 0 Å². The van der Waals surface area contributed by atoms with Gasteiger partial charge in [-0.1, -0.05) is 24.2 Å². The zero-order chi connectivity index (χ0) is 13.7. The Morgan fingerprint density at radius 3 is 2.74 bits per heavy atom. The van der Waals surface area contributed by atoms with Gasteiger partial charge in [0.15, 0.2) is 0 Å². The Morgan fingerprint density at radius 1 is 1.37 bits per heavy atom. The molecule has 19 heavy (non-hydrogen) atoms. The van der Waals surface area contributed by atoms with E-state index < -0.39 is 0 Å². The number of aliphatic hydroxyl groups excluding tert-OH is 1. The molecule has 0 spiro atoms. The van der Waals surface area contributed by atoms with Gasteiger partial charge in [0.25, 0.3) is 0 Å². The molecule has 1 saturated carbocycles. The van der Waals surface area contributed by atoms with E-state index in [0.717, 1.165) is 17.8 Å². The van der Waals surface area contributed by atoms with Gasteiger partial charge >= 0.3 is 5.00 Å². The van der Waals surface area contributed by atoms with Crippen LogP contribution in [0.15, 0.2) is 12.1 Å². The molecule has 2 unspecified atom stereocenters. The van der Waals surface area contributed by atoms with Crippen molar-refractivity contribution < 1.29 is 10.0 Å². The first-order valence-corrected chi connectivity index (χ1v) is 7.57. The highest BCUT2D eigenvalue weighted by Gasteiger charge is 2.23. The van der Waals surface area contributed by atoms with Crippen LogP contribution in [0.1, 0.15) is 30.6 Å². The fourth-order valence-corrected chi connectivity index (χ4v) is 3.52. The molecular formula is C13H20N2O3S. The van der Waals surface area contributed by atoms with E-state index in [0.29, 0.717) is 18.4 Å². The van der Waals surface area contributed by atoms with E-state index in [1.807, 2.05) is 0 Å². The van der Waals surface area contributed by atoms with Gasteiger partial charge in [-0.05, 0) is 37.3 Å². The van der Waals surface area contributed by atoms with Gasteiger partial charge in [0.2, 0.25) is 0 Å². The van der Waals surface area contributed by atoms with Gasteiger partial charge in [0.1, 0.15) is 0 Å². The predicted molar refractivity (Wildman–Crippen MR) is 75.2 cm³/mol. The van der Waals surface area contributed by atoms with E-state index in [9.17, 15) is 15.2 Å². The molecule has 5 nitrogen and oxygen atoms in total. The molecule has 0 aliphatic heterocycles. The molecule has 106 valence electrons. The normalized spacial score (nSPS) is 23.4. The number of hydrogen-bond acceptors (Lipinski definition) is 5. The molecule has 1 aliphatic carbocycles. The molecule has 0 bridgehead atoms. The summed E-state index contributed by atoms with van der Waals surface area (Å²) in [6.45, 7) is 1.83. The second-order valence-electron chi connectivity index (χ2n) is 5.12. The van der Waals surface area contributed by atoms with Crippen LogP contribution in [0.5, 0.6) is 0 Å². The zero-order valence-corrected chi connectivity index (χ0v) is 11.7. The highest BCUT2D eigenvalue weighted by molar-refractivity contribution is 7.15. The summed E-state index contributed by atoms with van der Waals surface area (Å²) in [6.07, 6.45) is 4.75. The highest BCUT2D eigenvalue weighted by Crippen LogP contribution is 2.29. The Labute approximate surface area is 116 Å². The maximum Gasteiger partial charge on any atom is 0.324 e. The molecule has 1 aromatic rings. The van der Waals surface area contributed by atoms with Crippen molar-refractivity contribution in [3.63, 3.8) is 0 Å². The fourth-order valence-electron chi connectivity index (χ4n) is 2.73. The number of nitrogens with one attached hydrogen (secondary N) is 1. The summed E-state index contributed by atoms with van der Waals surface area (Å²) in [6, 6.07) is 3.36. The Hall–Kier alpha value is -0.980. The Morgan fingerprint density at radius 2 is 2.11 bits per heavy atom. The minimum Gasteiger partial charge on any atom is -0.396 e. The quantitative estimate of drug-likeness (QED) is 0.622. The van der Waals surface area contributed by atoms with Crippen molar-refractivity contribution in [3.05, 3.63) is 27.1 Å². The van der Waals surface area contributed by atoms with Crippen LogP contribution in [-0.4, -0.2) is 23.2 Å². The molecule has 1 fully saturated rings. The third kappa shape index (κ3) is 3.99. The number of aliphatic hydroxyl groups is 1. The van der Waals surface area contributed by atoms with Crippen LogP contribution >= 0.6 is 11.3 Å². The Kier molecular flexibility index (Phi) is 5.30. The second-order valence-corrected chi connectivity index (χ2v) is 6.26. The maximum absolute atomic E-state index is 10.6. The smallest absolute Gasteiger partial charge is 0.324 e. The lowest BCUT2D eigenvalue weighted by Crippen LogP contribution is -2.32. The minimum absolute atomic E-state index is 0.197. The van der Waals surface area contributed by atoms with Crippen LogP contribution < -0.4 is 5.32 Å². The Bertz CT molecular complexity index is 422. The molecule has 1 heterocycles. The topological polar surface area (TPSA) is 75.4 Å². The van der Waals surface area contributed by atoms with Crippen molar-refractivity contribution >= 4 is 16.3 Å². The third-order valence-corrected chi connectivity index (χ3v) is 4.87. The summed E-state index contributed by atoms with van der Waals surface area (Å²) >= 11 is 1.22. The summed E-state index contributed by atoms with van der Waals surface area (Å²) in [7, 11) is 0. The molecule has 0 aromatic carbocycles. The lowest BCUT2D eigenvalue weighted by Gasteiger charge is -2.30. The van der Waals surface area contributed by atoms with Crippen molar-refractivity contribution in [2.45, 2.75) is 32.2 Å². The third-order valence-electron chi connectivity index (χ3n) is 3.83. The molecule has 1 aromatic heterocycles. The van der Waals surface area contributed by atoms with Gasteiger partial charge in [-0.2, -0.15) is 0 Å². The zero-order valence-electron chi connectivity index (χ0n) is 10.9. The summed E-state index contributed by atoms with van der Waals surface area (Å²) in [4.78, 5) is 11.2. The molecular weight excluding hydrogens is 264 g/mol. The molecule has 0 saturated heterocycles. The number of rotatable bonds is 6. The van der Waals surface area contributed by atoms with Gasteiger partial charge in [0.05, 0.1) is 4.92 Å².